The van der Waals surface area contributed by atoms with E-state index in [4.69, 9.17) is 16.6 Å². The Morgan fingerprint density at radius 1 is 1.11 bits per heavy atom. The lowest BCUT2D eigenvalue weighted by atomic mass is 9.96. The van der Waals surface area contributed by atoms with Gasteiger partial charge in [0.25, 0.3) is 5.91 Å². The molecule has 196 valence electrons. The number of aromatic nitrogens is 2. The third-order valence-electron chi connectivity index (χ3n) is 5.87. The van der Waals surface area contributed by atoms with Crippen LogP contribution in [0, 0.1) is 0 Å². The second kappa shape index (κ2) is 11.8. The van der Waals surface area contributed by atoms with Crippen molar-refractivity contribution < 1.29 is 34.2 Å². The van der Waals surface area contributed by atoms with Gasteiger partial charge in [-0.3, -0.25) is 19.2 Å². The first-order valence-corrected chi connectivity index (χ1v) is 11.4. The molecule has 1 aliphatic rings. The highest BCUT2D eigenvalue weighted by Crippen LogP contribution is 2.34. The molecular formula is C23H27N7O7. The fourth-order valence-corrected chi connectivity index (χ4v) is 4.04. The molecule has 1 unspecified atom stereocenters. The van der Waals surface area contributed by atoms with Gasteiger partial charge in [-0.2, -0.15) is 4.98 Å². The number of fused-ring (bicyclic) bond motifs is 1. The second-order valence-electron chi connectivity index (χ2n) is 8.43. The number of carboxylic acid groups (broad SMARTS) is 2. The van der Waals surface area contributed by atoms with E-state index in [-0.39, 0.29) is 42.1 Å². The number of aliphatic carboxylic acids is 2. The van der Waals surface area contributed by atoms with E-state index in [1.165, 1.54) is 29.2 Å². The molecule has 0 radical (unpaired) electrons. The number of nitrogen functional groups attached to an aromatic ring is 2. The summed E-state index contributed by atoms with van der Waals surface area (Å²) in [6.07, 6.45) is 1.54. The molecule has 0 saturated heterocycles. The van der Waals surface area contributed by atoms with Gasteiger partial charge in [-0.1, -0.05) is 0 Å². The maximum absolute atomic E-state index is 12.5. The van der Waals surface area contributed by atoms with Crippen LogP contribution in [0.4, 0.5) is 23.1 Å². The van der Waals surface area contributed by atoms with Gasteiger partial charge in [-0.05, 0) is 49.9 Å². The molecule has 2 aromatic rings. The zero-order valence-corrected chi connectivity index (χ0v) is 19.7. The predicted octanol–water partition coefficient (Wildman–Crippen LogP) is 0.385. The number of carboxylic acids is 2. The van der Waals surface area contributed by atoms with Gasteiger partial charge in [0.05, 0.1) is 5.69 Å². The summed E-state index contributed by atoms with van der Waals surface area (Å²) in [4.78, 5) is 68.0. The molecule has 0 spiro atoms. The van der Waals surface area contributed by atoms with Gasteiger partial charge in [0, 0.05) is 30.1 Å². The third kappa shape index (κ3) is 6.90. The van der Waals surface area contributed by atoms with E-state index in [0.717, 1.165) is 0 Å². The molecular weight excluding hydrogens is 486 g/mol. The highest BCUT2D eigenvalue weighted by atomic mass is 16.4. The molecule has 37 heavy (non-hydrogen) atoms. The first kappa shape index (κ1) is 26.8. The summed E-state index contributed by atoms with van der Waals surface area (Å²) in [5.41, 5.74) is 13.1. The quantitative estimate of drug-likeness (QED) is 0.225. The van der Waals surface area contributed by atoms with Crippen LogP contribution in [-0.4, -0.2) is 62.4 Å². The van der Waals surface area contributed by atoms with Crippen LogP contribution < -0.4 is 27.0 Å². The third-order valence-corrected chi connectivity index (χ3v) is 5.87. The molecule has 8 N–H and O–H groups in total. The number of carbonyl (C=O) groups is 5. The van der Waals surface area contributed by atoms with Crippen molar-refractivity contribution in [3.05, 3.63) is 35.5 Å². The van der Waals surface area contributed by atoms with Gasteiger partial charge in [0.1, 0.15) is 11.7 Å². The van der Waals surface area contributed by atoms with Crippen LogP contribution in [0.15, 0.2) is 24.3 Å². The molecule has 0 saturated carbocycles. The van der Waals surface area contributed by atoms with Gasteiger partial charge in [0.2, 0.25) is 18.3 Å². The Morgan fingerprint density at radius 3 is 2.43 bits per heavy atom. The summed E-state index contributed by atoms with van der Waals surface area (Å²) in [7, 11) is 0. The highest BCUT2D eigenvalue weighted by Gasteiger charge is 2.30. The molecule has 3 rings (SSSR count). The number of aryl methyl sites for hydroxylation is 1. The van der Waals surface area contributed by atoms with Crippen LogP contribution in [0.25, 0.3) is 0 Å². The summed E-state index contributed by atoms with van der Waals surface area (Å²) in [6.45, 7) is 0. The summed E-state index contributed by atoms with van der Waals surface area (Å²) >= 11 is 0. The number of hydrogen-bond donors (Lipinski definition) is 6. The Balaban J connectivity index is 1.55. The molecule has 0 bridgehead atoms. The molecule has 3 amide bonds. The minimum Gasteiger partial charge on any atom is -0.481 e. The van der Waals surface area contributed by atoms with Gasteiger partial charge in [0.15, 0.2) is 5.82 Å². The predicted molar refractivity (Wildman–Crippen MR) is 132 cm³/mol. The molecule has 1 aliphatic heterocycles. The molecule has 14 nitrogen and oxygen atoms in total. The number of benzene rings is 1. The van der Waals surface area contributed by atoms with Crippen LogP contribution in [0.5, 0.6) is 0 Å². The zero-order valence-electron chi connectivity index (χ0n) is 19.7. The van der Waals surface area contributed by atoms with Crippen molar-refractivity contribution in [1.29, 1.82) is 0 Å². The van der Waals surface area contributed by atoms with Crippen molar-refractivity contribution in [1.82, 2.24) is 15.3 Å². The van der Waals surface area contributed by atoms with Gasteiger partial charge < -0.3 is 37.2 Å². The van der Waals surface area contributed by atoms with Crippen molar-refractivity contribution in [2.24, 2.45) is 0 Å². The Hall–Kier alpha value is -4.75. The second-order valence-corrected chi connectivity index (χ2v) is 8.43. The van der Waals surface area contributed by atoms with E-state index in [1.54, 1.807) is 0 Å². The molecule has 0 aliphatic carbocycles. The van der Waals surface area contributed by atoms with E-state index in [1.807, 2.05) is 0 Å². The molecule has 0 fully saturated rings. The normalized spacial score (nSPS) is 15.2. The lowest BCUT2D eigenvalue weighted by Gasteiger charge is -2.34. The number of anilines is 4. The van der Waals surface area contributed by atoms with Crippen molar-refractivity contribution in [3.63, 3.8) is 0 Å². The largest absolute Gasteiger partial charge is 0.481 e. The van der Waals surface area contributed by atoms with Crippen LogP contribution in [0.1, 0.15) is 48.2 Å². The summed E-state index contributed by atoms with van der Waals surface area (Å²) in [5.74, 6) is -3.38. The van der Waals surface area contributed by atoms with Crippen molar-refractivity contribution in [3.8, 4) is 0 Å². The number of hydrogen-bond acceptors (Lipinski definition) is 9. The maximum Gasteiger partial charge on any atom is 0.326 e. The fourth-order valence-electron chi connectivity index (χ4n) is 4.04. The number of carbonyl (C=O) groups excluding carboxylic acids is 3. The number of rotatable bonds is 11. The van der Waals surface area contributed by atoms with Gasteiger partial charge in [-0.25, -0.2) is 9.78 Å². The average molecular weight is 514 g/mol. The minimum atomic E-state index is -1.35. The maximum atomic E-state index is 12.5. The van der Waals surface area contributed by atoms with Crippen molar-refractivity contribution in [2.75, 3.05) is 21.7 Å². The van der Waals surface area contributed by atoms with E-state index in [2.05, 4.69) is 20.6 Å². The summed E-state index contributed by atoms with van der Waals surface area (Å²) in [5, 5.41) is 22.9. The SMILES string of the molecule is Nc1nc(N)c2c(n1)CCC(CCC(=O)Nc1ccc(C(=O)N[C@@H](CCC(=O)O)C(=O)O)cc1)N2C=O. The van der Waals surface area contributed by atoms with Crippen LogP contribution in [-0.2, 0) is 25.6 Å². The van der Waals surface area contributed by atoms with Crippen molar-refractivity contribution in [2.45, 2.75) is 50.6 Å². The molecule has 14 heteroatoms. The van der Waals surface area contributed by atoms with Crippen LogP contribution >= 0.6 is 0 Å². The Labute approximate surface area is 211 Å². The van der Waals surface area contributed by atoms with Crippen LogP contribution in [0.3, 0.4) is 0 Å². The minimum absolute atomic E-state index is 0.0308. The highest BCUT2D eigenvalue weighted by molar-refractivity contribution is 5.97. The van der Waals surface area contributed by atoms with Crippen molar-refractivity contribution >= 4 is 53.3 Å². The molecule has 2 atom stereocenters. The number of nitrogens with one attached hydrogen (secondary N) is 2. The average Bonchev–Trinajstić information content (AvgIpc) is 2.84. The monoisotopic (exact) mass is 513 g/mol. The topological polar surface area (TPSA) is 231 Å². The fraction of sp³-hybridized carbons (Fsp3) is 0.348. The summed E-state index contributed by atoms with van der Waals surface area (Å²) < 4.78 is 0. The van der Waals surface area contributed by atoms with Gasteiger partial charge in [-0.15, -0.1) is 0 Å². The number of nitrogens with zero attached hydrogens (tertiary/aromatic N) is 3. The Morgan fingerprint density at radius 2 is 1.81 bits per heavy atom. The number of nitrogens with two attached hydrogens (primary N) is 2. The first-order chi connectivity index (χ1) is 17.6. The lowest BCUT2D eigenvalue weighted by Crippen LogP contribution is -2.41. The molecule has 2 heterocycles. The standard InChI is InChI=1S/C23H27N7O7/c24-20-19-15(28-23(25)29-20)7-5-14(30(19)11-31)6-9-17(32)26-13-3-1-12(2-4-13)21(35)27-16(22(36)37)8-10-18(33)34/h1-4,11,14,16H,5-10H2,(H,26,32)(H,27,35)(H,33,34)(H,36,37)(H4,24,25,28,29)/t14?,16-/m0/s1. The lowest BCUT2D eigenvalue weighted by molar-refractivity contribution is -0.140. The van der Waals surface area contributed by atoms with E-state index in [9.17, 15) is 29.1 Å². The van der Waals surface area contributed by atoms with E-state index >= 15 is 0 Å². The Bertz CT molecular complexity index is 1200. The smallest absolute Gasteiger partial charge is 0.326 e. The van der Waals surface area contributed by atoms with E-state index < -0.39 is 30.3 Å². The van der Waals surface area contributed by atoms with Crippen LogP contribution in [0.2, 0.25) is 0 Å². The van der Waals surface area contributed by atoms with E-state index in [0.29, 0.717) is 42.7 Å². The summed E-state index contributed by atoms with van der Waals surface area (Å²) in [6, 6.07) is 4.15. The first-order valence-electron chi connectivity index (χ1n) is 11.4. The zero-order chi connectivity index (χ0) is 27.1. The Kier molecular flexibility index (Phi) is 8.55. The number of amides is 3. The molecule has 1 aromatic carbocycles. The van der Waals surface area contributed by atoms with Gasteiger partial charge >= 0.3 is 11.9 Å². The molecule has 1 aromatic heterocycles.